The standard InChI is InChI=1S/C21H21N3O2S/c1-21(2,26)18-6-4-3-5-15(18)12-24-13-16-9-14(7-8-19(16)23-24)10-17-11-22-20(25)27-17/h3-11,13,15,18,26H,12H2,1-2H3/b17-10-. The largest absolute Gasteiger partial charge is 0.390 e. The van der Waals surface area contributed by atoms with E-state index in [0.29, 0.717) is 6.54 Å². The van der Waals surface area contributed by atoms with Gasteiger partial charge in [-0.25, -0.2) is 4.99 Å². The van der Waals surface area contributed by atoms with E-state index in [2.05, 4.69) is 28.3 Å². The molecule has 0 fully saturated rings. The Balaban J connectivity index is 1.57. The Kier molecular flexibility index (Phi) is 4.61. The summed E-state index contributed by atoms with van der Waals surface area (Å²) >= 11 is 1.14. The minimum absolute atomic E-state index is 0.0475. The van der Waals surface area contributed by atoms with Crippen LogP contribution in [0, 0.1) is 11.8 Å². The van der Waals surface area contributed by atoms with E-state index in [9.17, 15) is 9.90 Å². The summed E-state index contributed by atoms with van der Waals surface area (Å²) in [6.07, 6.45) is 13.8. The zero-order valence-electron chi connectivity index (χ0n) is 15.2. The summed E-state index contributed by atoms with van der Waals surface area (Å²) in [5, 5.41) is 16.0. The molecule has 0 bridgehead atoms. The molecule has 0 saturated heterocycles. The first-order chi connectivity index (χ1) is 12.9. The molecule has 4 rings (SSSR count). The van der Waals surface area contributed by atoms with Crippen LogP contribution < -0.4 is 0 Å². The van der Waals surface area contributed by atoms with Crippen LogP contribution in [0.2, 0.25) is 0 Å². The van der Waals surface area contributed by atoms with Crippen molar-refractivity contribution in [2.75, 3.05) is 0 Å². The van der Waals surface area contributed by atoms with E-state index < -0.39 is 5.60 Å². The molecule has 1 N–H and O–H groups in total. The van der Waals surface area contributed by atoms with Crippen LogP contribution in [0.5, 0.6) is 0 Å². The van der Waals surface area contributed by atoms with E-state index in [1.165, 1.54) is 0 Å². The fourth-order valence-electron chi connectivity index (χ4n) is 3.58. The summed E-state index contributed by atoms with van der Waals surface area (Å²) in [7, 11) is 0. The van der Waals surface area contributed by atoms with E-state index in [-0.39, 0.29) is 17.1 Å². The van der Waals surface area contributed by atoms with E-state index >= 15 is 0 Å². The lowest BCUT2D eigenvalue weighted by Gasteiger charge is -2.33. The van der Waals surface area contributed by atoms with Gasteiger partial charge in [0.05, 0.1) is 11.1 Å². The molecule has 0 saturated carbocycles. The van der Waals surface area contributed by atoms with Gasteiger partial charge in [0, 0.05) is 41.1 Å². The molecule has 2 atom stereocenters. The van der Waals surface area contributed by atoms with E-state index in [1.807, 2.05) is 55.1 Å². The molecule has 2 unspecified atom stereocenters. The lowest BCUT2D eigenvalue weighted by molar-refractivity contribution is 0.0167. The zero-order chi connectivity index (χ0) is 19.0. The van der Waals surface area contributed by atoms with Crippen molar-refractivity contribution in [2.24, 2.45) is 16.8 Å². The molecule has 6 heteroatoms. The SMILES string of the molecule is CC(C)(O)C1C=CC=CC1Cn1cc2cc(/C=C3/C=NC(=O)S3)ccc2n1. The van der Waals surface area contributed by atoms with Crippen LogP contribution in [0.25, 0.3) is 17.0 Å². The van der Waals surface area contributed by atoms with Gasteiger partial charge >= 0.3 is 5.24 Å². The second kappa shape index (κ2) is 6.94. The lowest BCUT2D eigenvalue weighted by atomic mass is 9.78. The van der Waals surface area contributed by atoms with Crippen LogP contribution in [0.3, 0.4) is 0 Å². The van der Waals surface area contributed by atoms with Crippen LogP contribution in [-0.4, -0.2) is 31.9 Å². The molecular formula is C21H21N3O2S. The van der Waals surface area contributed by atoms with Crippen molar-refractivity contribution in [3.63, 3.8) is 0 Å². The van der Waals surface area contributed by atoms with Gasteiger partial charge in [-0.05, 0) is 49.4 Å². The topological polar surface area (TPSA) is 67.5 Å². The molecule has 0 radical (unpaired) electrons. The number of aromatic nitrogens is 2. The average molecular weight is 379 g/mol. The highest BCUT2D eigenvalue weighted by Gasteiger charge is 2.32. The number of allylic oxidation sites excluding steroid dienone is 4. The summed E-state index contributed by atoms with van der Waals surface area (Å²) in [6, 6.07) is 6.04. The maximum Gasteiger partial charge on any atom is 0.309 e. The second-order valence-corrected chi connectivity index (χ2v) is 8.48. The average Bonchev–Trinajstić information content (AvgIpc) is 3.19. The molecule has 2 aromatic rings. The number of carbonyl (C=O) groups excluding carboxylic acids is 1. The normalized spacial score (nSPS) is 23.8. The van der Waals surface area contributed by atoms with Crippen molar-refractivity contribution < 1.29 is 9.90 Å². The summed E-state index contributed by atoms with van der Waals surface area (Å²) in [5.74, 6) is 0.231. The summed E-state index contributed by atoms with van der Waals surface area (Å²) in [6.45, 7) is 4.41. The summed E-state index contributed by atoms with van der Waals surface area (Å²) in [4.78, 5) is 15.8. The Morgan fingerprint density at radius 3 is 2.85 bits per heavy atom. The van der Waals surface area contributed by atoms with E-state index in [1.54, 1.807) is 6.21 Å². The Hall–Kier alpha value is -2.44. The number of fused-ring (bicyclic) bond motifs is 1. The molecule has 1 aromatic carbocycles. The van der Waals surface area contributed by atoms with Gasteiger partial charge in [0.1, 0.15) is 0 Å². The molecule has 27 heavy (non-hydrogen) atoms. The van der Waals surface area contributed by atoms with Gasteiger partial charge in [-0.1, -0.05) is 30.4 Å². The van der Waals surface area contributed by atoms with Crippen LogP contribution in [0.1, 0.15) is 19.4 Å². The number of aliphatic imine (C=N–C) groups is 1. The third-order valence-corrected chi connectivity index (χ3v) is 5.59. The molecule has 2 aliphatic rings. The van der Waals surface area contributed by atoms with Crippen LogP contribution in [0.4, 0.5) is 4.79 Å². The number of nitrogens with zero attached hydrogens (tertiary/aromatic N) is 3. The van der Waals surface area contributed by atoms with E-state index in [4.69, 9.17) is 0 Å². The van der Waals surface area contributed by atoms with Gasteiger partial charge in [0.2, 0.25) is 0 Å². The van der Waals surface area contributed by atoms with Gasteiger partial charge in [0.15, 0.2) is 0 Å². The number of hydrogen-bond donors (Lipinski definition) is 1. The molecule has 1 amide bonds. The molecule has 1 aliphatic heterocycles. The van der Waals surface area contributed by atoms with Crippen molar-refractivity contribution >= 4 is 40.2 Å². The van der Waals surface area contributed by atoms with Crippen molar-refractivity contribution in [3.05, 3.63) is 59.2 Å². The molecule has 2 heterocycles. The Morgan fingerprint density at radius 1 is 1.30 bits per heavy atom. The smallest absolute Gasteiger partial charge is 0.309 e. The van der Waals surface area contributed by atoms with Gasteiger partial charge in [-0.3, -0.25) is 9.48 Å². The molecule has 1 aliphatic carbocycles. The highest BCUT2D eigenvalue weighted by molar-refractivity contribution is 8.18. The van der Waals surface area contributed by atoms with Crippen molar-refractivity contribution in [1.29, 1.82) is 0 Å². The summed E-state index contributed by atoms with van der Waals surface area (Å²) in [5.41, 5.74) is 1.16. The molecule has 5 nitrogen and oxygen atoms in total. The van der Waals surface area contributed by atoms with Gasteiger partial charge < -0.3 is 5.11 Å². The first-order valence-electron chi connectivity index (χ1n) is 8.91. The monoisotopic (exact) mass is 379 g/mol. The predicted octanol–water partition coefficient (Wildman–Crippen LogP) is 4.44. The predicted molar refractivity (Wildman–Crippen MR) is 111 cm³/mol. The number of benzene rings is 1. The number of amides is 1. The fraction of sp³-hybridized carbons (Fsp3) is 0.286. The minimum atomic E-state index is -0.782. The zero-order valence-corrected chi connectivity index (χ0v) is 16.1. The number of carbonyl (C=O) groups is 1. The number of hydrogen-bond acceptors (Lipinski definition) is 4. The Morgan fingerprint density at radius 2 is 2.11 bits per heavy atom. The molecule has 1 aromatic heterocycles. The van der Waals surface area contributed by atoms with E-state index in [0.717, 1.165) is 33.1 Å². The quantitative estimate of drug-likeness (QED) is 0.852. The van der Waals surface area contributed by atoms with Gasteiger partial charge in [-0.2, -0.15) is 5.10 Å². The molecular weight excluding hydrogens is 358 g/mol. The van der Waals surface area contributed by atoms with Gasteiger partial charge in [0.25, 0.3) is 0 Å². The number of rotatable bonds is 4. The molecule has 138 valence electrons. The highest BCUT2D eigenvalue weighted by Crippen LogP contribution is 2.31. The third kappa shape index (κ3) is 3.96. The minimum Gasteiger partial charge on any atom is -0.390 e. The number of aliphatic hydroxyl groups is 1. The van der Waals surface area contributed by atoms with Crippen molar-refractivity contribution in [1.82, 2.24) is 9.78 Å². The Labute approximate surface area is 162 Å². The number of thioether (sulfide) groups is 1. The van der Waals surface area contributed by atoms with Crippen molar-refractivity contribution in [2.45, 2.75) is 26.0 Å². The Bertz CT molecular complexity index is 1010. The van der Waals surface area contributed by atoms with Crippen molar-refractivity contribution in [3.8, 4) is 0 Å². The first-order valence-corrected chi connectivity index (χ1v) is 9.72. The summed E-state index contributed by atoms with van der Waals surface area (Å²) < 4.78 is 1.95. The van der Waals surface area contributed by atoms with Gasteiger partial charge in [-0.15, -0.1) is 0 Å². The second-order valence-electron chi connectivity index (χ2n) is 7.46. The molecule has 0 spiro atoms. The first kappa shape index (κ1) is 17.9. The van der Waals surface area contributed by atoms with Crippen LogP contribution >= 0.6 is 11.8 Å². The lowest BCUT2D eigenvalue weighted by Crippen LogP contribution is -2.36. The maximum absolute atomic E-state index is 11.2. The third-order valence-electron chi connectivity index (χ3n) is 4.85. The van der Waals surface area contributed by atoms with Crippen LogP contribution in [-0.2, 0) is 6.54 Å². The highest BCUT2D eigenvalue weighted by atomic mass is 32.2. The maximum atomic E-state index is 11.2. The fourth-order valence-corrected chi connectivity index (χ4v) is 4.19. The van der Waals surface area contributed by atoms with Crippen LogP contribution in [0.15, 0.2) is 58.6 Å².